The molecule has 0 aliphatic carbocycles. The molecule has 0 bridgehead atoms. The fraction of sp³-hybridized carbons (Fsp3) is 0.308. The van der Waals surface area contributed by atoms with Crippen molar-refractivity contribution in [1.82, 2.24) is 14.3 Å². The Kier molecular flexibility index (Phi) is 4.92. The van der Waals surface area contributed by atoms with Crippen LogP contribution in [0.2, 0.25) is 0 Å². The summed E-state index contributed by atoms with van der Waals surface area (Å²) in [5.41, 5.74) is 5.58. The minimum atomic E-state index is -3.84. The number of nitrogens with two attached hydrogens (primary N) is 1. The third kappa shape index (κ3) is 4.27. The van der Waals surface area contributed by atoms with Crippen molar-refractivity contribution >= 4 is 15.7 Å². The molecule has 0 atom stereocenters. The van der Waals surface area contributed by atoms with Gasteiger partial charge in [-0.2, -0.15) is 0 Å². The van der Waals surface area contributed by atoms with Crippen LogP contribution >= 0.6 is 0 Å². The number of aromatic nitrogens is 2. The van der Waals surface area contributed by atoms with Gasteiger partial charge in [-0.25, -0.2) is 22.5 Å². The molecule has 0 aliphatic rings. The molecule has 0 saturated heterocycles. The lowest BCUT2D eigenvalue weighted by molar-refractivity contribution is 0.549. The van der Waals surface area contributed by atoms with Crippen LogP contribution in [0.4, 0.5) is 10.1 Å². The average Bonchev–Trinajstić information content (AvgIpc) is 2.91. The zero-order valence-electron chi connectivity index (χ0n) is 11.4. The number of benzene rings is 1. The van der Waals surface area contributed by atoms with Gasteiger partial charge in [0.25, 0.3) is 0 Å². The molecule has 0 fully saturated rings. The number of nitrogens with one attached hydrogen (secondary N) is 1. The predicted octanol–water partition coefficient (Wildman–Crippen LogP) is 1.36. The number of sulfonamides is 1. The van der Waals surface area contributed by atoms with Gasteiger partial charge in [0.15, 0.2) is 0 Å². The second-order valence-corrected chi connectivity index (χ2v) is 6.33. The van der Waals surface area contributed by atoms with Gasteiger partial charge in [-0.05, 0) is 31.0 Å². The molecule has 21 heavy (non-hydrogen) atoms. The summed E-state index contributed by atoms with van der Waals surface area (Å²) in [4.78, 5) is 3.53. The Labute approximate surface area is 122 Å². The molecule has 0 unspecified atom stereocenters. The van der Waals surface area contributed by atoms with E-state index < -0.39 is 15.8 Å². The first-order valence-electron chi connectivity index (χ1n) is 6.49. The summed E-state index contributed by atoms with van der Waals surface area (Å²) in [6.45, 7) is 1.01. The van der Waals surface area contributed by atoms with Crippen LogP contribution in [0.5, 0.6) is 0 Å². The van der Waals surface area contributed by atoms with Gasteiger partial charge in [0.2, 0.25) is 10.0 Å². The van der Waals surface area contributed by atoms with E-state index >= 15 is 0 Å². The smallest absolute Gasteiger partial charge is 0.243 e. The van der Waals surface area contributed by atoms with Crippen LogP contribution < -0.4 is 10.5 Å². The Bertz CT molecular complexity index is 686. The van der Waals surface area contributed by atoms with Gasteiger partial charge in [-0.15, -0.1) is 0 Å². The lowest BCUT2D eigenvalue weighted by Crippen LogP contribution is -2.25. The molecule has 3 N–H and O–H groups in total. The van der Waals surface area contributed by atoms with Crippen molar-refractivity contribution in [3.05, 3.63) is 42.7 Å². The minimum absolute atomic E-state index is 0.187. The first kappa shape index (κ1) is 15.5. The standard InChI is InChI=1S/C13H17FN4O2S/c14-12-9-11(15)3-4-13(12)21(19,20)17-5-1-2-7-18-8-6-16-10-18/h3-4,6,8-10,17H,1-2,5,7,15H2. The Morgan fingerprint density at radius 3 is 2.81 bits per heavy atom. The molecule has 0 amide bonds. The van der Waals surface area contributed by atoms with Gasteiger partial charge in [0.1, 0.15) is 10.7 Å². The highest BCUT2D eigenvalue weighted by atomic mass is 32.2. The van der Waals surface area contributed by atoms with Crippen LogP contribution in [0, 0.1) is 5.82 Å². The maximum absolute atomic E-state index is 13.6. The molecule has 0 radical (unpaired) electrons. The van der Waals surface area contributed by atoms with Crippen LogP contribution in [0.15, 0.2) is 41.8 Å². The predicted molar refractivity (Wildman–Crippen MR) is 77.5 cm³/mol. The zero-order chi connectivity index (χ0) is 15.3. The van der Waals surface area contributed by atoms with E-state index in [1.807, 2.05) is 10.8 Å². The number of nitrogen functional groups attached to an aromatic ring is 1. The van der Waals surface area contributed by atoms with Gasteiger partial charge in [0, 0.05) is 31.2 Å². The van der Waals surface area contributed by atoms with E-state index in [4.69, 9.17) is 5.73 Å². The molecule has 6 nitrogen and oxygen atoms in total. The van der Waals surface area contributed by atoms with E-state index in [0.717, 1.165) is 19.0 Å². The molecule has 0 spiro atoms. The third-order valence-corrected chi connectivity index (χ3v) is 4.43. The average molecular weight is 312 g/mol. The van der Waals surface area contributed by atoms with Crippen LogP contribution in [-0.4, -0.2) is 24.5 Å². The molecule has 1 aromatic carbocycles. The number of rotatable bonds is 7. The van der Waals surface area contributed by atoms with Crippen molar-refractivity contribution in [2.45, 2.75) is 24.3 Å². The Morgan fingerprint density at radius 1 is 1.33 bits per heavy atom. The van der Waals surface area contributed by atoms with Crippen molar-refractivity contribution in [2.75, 3.05) is 12.3 Å². The van der Waals surface area contributed by atoms with Crippen molar-refractivity contribution in [2.24, 2.45) is 0 Å². The maximum Gasteiger partial charge on any atom is 0.243 e. The molecule has 1 heterocycles. The quantitative estimate of drug-likeness (QED) is 0.597. The van der Waals surface area contributed by atoms with E-state index in [9.17, 15) is 12.8 Å². The fourth-order valence-corrected chi connectivity index (χ4v) is 2.99. The summed E-state index contributed by atoms with van der Waals surface area (Å²) < 4.78 is 41.8. The summed E-state index contributed by atoms with van der Waals surface area (Å²) in [7, 11) is -3.84. The largest absolute Gasteiger partial charge is 0.399 e. The van der Waals surface area contributed by atoms with Crippen molar-refractivity contribution in [3.63, 3.8) is 0 Å². The molecular weight excluding hydrogens is 295 g/mol. The first-order chi connectivity index (χ1) is 9.99. The lowest BCUT2D eigenvalue weighted by atomic mass is 10.3. The Balaban J connectivity index is 1.84. The monoisotopic (exact) mass is 312 g/mol. The fourth-order valence-electron chi connectivity index (χ4n) is 1.86. The van der Waals surface area contributed by atoms with E-state index in [1.54, 1.807) is 12.5 Å². The number of unbranched alkanes of at least 4 members (excludes halogenated alkanes) is 1. The number of anilines is 1. The SMILES string of the molecule is Nc1ccc(S(=O)(=O)NCCCCn2ccnc2)c(F)c1. The summed E-state index contributed by atoms with van der Waals surface area (Å²) in [6, 6.07) is 3.52. The Hall–Kier alpha value is -1.93. The molecule has 2 aromatic rings. The van der Waals surface area contributed by atoms with Gasteiger partial charge >= 0.3 is 0 Å². The molecule has 8 heteroatoms. The number of aryl methyl sites for hydroxylation is 1. The second-order valence-electron chi connectivity index (χ2n) is 4.60. The zero-order valence-corrected chi connectivity index (χ0v) is 12.2. The molecule has 1 aromatic heterocycles. The summed E-state index contributed by atoms with van der Waals surface area (Å²) >= 11 is 0. The lowest BCUT2D eigenvalue weighted by Gasteiger charge is -2.08. The number of halogens is 1. The van der Waals surface area contributed by atoms with Crippen LogP contribution in [0.1, 0.15) is 12.8 Å². The molecule has 0 saturated carbocycles. The van der Waals surface area contributed by atoms with Crippen LogP contribution in [-0.2, 0) is 16.6 Å². The summed E-state index contributed by atoms with van der Waals surface area (Å²) in [5.74, 6) is -0.846. The van der Waals surface area contributed by atoms with Crippen molar-refractivity contribution in [1.29, 1.82) is 0 Å². The van der Waals surface area contributed by atoms with E-state index in [2.05, 4.69) is 9.71 Å². The first-order valence-corrected chi connectivity index (χ1v) is 7.98. The minimum Gasteiger partial charge on any atom is -0.399 e. The van der Waals surface area contributed by atoms with Crippen LogP contribution in [0.25, 0.3) is 0 Å². The van der Waals surface area contributed by atoms with E-state index in [-0.39, 0.29) is 17.1 Å². The van der Waals surface area contributed by atoms with Gasteiger partial charge < -0.3 is 10.3 Å². The highest BCUT2D eigenvalue weighted by Gasteiger charge is 2.18. The number of imidazole rings is 1. The Morgan fingerprint density at radius 2 is 2.14 bits per heavy atom. The maximum atomic E-state index is 13.6. The molecular formula is C13H17FN4O2S. The van der Waals surface area contributed by atoms with Gasteiger partial charge in [0.05, 0.1) is 6.33 Å². The normalized spacial score (nSPS) is 11.7. The van der Waals surface area contributed by atoms with E-state index in [1.165, 1.54) is 12.1 Å². The third-order valence-electron chi connectivity index (χ3n) is 2.94. The molecule has 114 valence electrons. The molecule has 2 rings (SSSR count). The number of hydrogen-bond acceptors (Lipinski definition) is 4. The van der Waals surface area contributed by atoms with Crippen molar-refractivity contribution < 1.29 is 12.8 Å². The second kappa shape index (κ2) is 6.68. The molecule has 0 aliphatic heterocycles. The summed E-state index contributed by atoms with van der Waals surface area (Å²) in [6.07, 6.45) is 6.67. The highest BCUT2D eigenvalue weighted by Crippen LogP contribution is 2.16. The van der Waals surface area contributed by atoms with E-state index in [0.29, 0.717) is 6.42 Å². The van der Waals surface area contributed by atoms with Gasteiger partial charge in [-0.3, -0.25) is 0 Å². The van der Waals surface area contributed by atoms with Crippen molar-refractivity contribution in [3.8, 4) is 0 Å². The summed E-state index contributed by atoms with van der Waals surface area (Å²) in [5, 5.41) is 0. The highest BCUT2D eigenvalue weighted by molar-refractivity contribution is 7.89. The van der Waals surface area contributed by atoms with Gasteiger partial charge in [-0.1, -0.05) is 0 Å². The number of nitrogens with zero attached hydrogens (tertiary/aromatic N) is 2. The number of hydrogen-bond donors (Lipinski definition) is 2. The topological polar surface area (TPSA) is 90.0 Å². The van der Waals surface area contributed by atoms with Crippen LogP contribution in [0.3, 0.4) is 0 Å².